The summed E-state index contributed by atoms with van der Waals surface area (Å²) >= 11 is 0. The highest BCUT2D eigenvalue weighted by Gasteiger charge is 2.02. The van der Waals surface area contributed by atoms with E-state index >= 15 is 0 Å². The molecule has 0 fully saturated rings. The van der Waals surface area contributed by atoms with Crippen LogP contribution < -0.4 is 0 Å². The zero-order valence-corrected chi connectivity index (χ0v) is 11.5. The molecule has 0 spiro atoms. The summed E-state index contributed by atoms with van der Waals surface area (Å²) in [7, 11) is 0. The molecule has 96 valence electrons. The van der Waals surface area contributed by atoms with Crippen molar-refractivity contribution in [2.75, 3.05) is 0 Å². The van der Waals surface area contributed by atoms with Crippen LogP contribution in [-0.2, 0) is 6.42 Å². The molecule has 19 heavy (non-hydrogen) atoms. The van der Waals surface area contributed by atoms with Crippen molar-refractivity contribution in [2.45, 2.75) is 32.6 Å². The van der Waals surface area contributed by atoms with Gasteiger partial charge < -0.3 is 0 Å². The lowest BCUT2D eigenvalue weighted by Gasteiger charge is -2.08. The molecule has 0 aliphatic rings. The Morgan fingerprint density at radius 2 is 1.47 bits per heavy atom. The Bertz CT molecular complexity index is 695. The quantitative estimate of drug-likeness (QED) is 0.409. The van der Waals surface area contributed by atoms with E-state index in [2.05, 4.69) is 61.5 Å². The molecule has 0 atom stereocenters. The van der Waals surface area contributed by atoms with E-state index in [-0.39, 0.29) is 0 Å². The largest absolute Gasteiger partial charge is 0.0654 e. The van der Waals surface area contributed by atoms with Crippen molar-refractivity contribution in [1.29, 1.82) is 0 Å². The SMILES string of the molecule is CCCCCc1cccc2cc3ccccc3cc12. The number of benzene rings is 3. The van der Waals surface area contributed by atoms with Gasteiger partial charge in [-0.25, -0.2) is 0 Å². The molecule has 0 bridgehead atoms. The van der Waals surface area contributed by atoms with Gasteiger partial charge in [-0.05, 0) is 52.1 Å². The van der Waals surface area contributed by atoms with Gasteiger partial charge in [0.15, 0.2) is 0 Å². The van der Waals surface area contributed by atoms with E-state index < -0.39 is 0 Å². The highest BCUT2D eigenvalue weighted by Crippen LogP contribution is 2.26. The molecule has 0 saturated carbocycles. The standard InChI is InChI=1S/C19H20/c1-2-3-4-8-15-11-7-12-18-13-16-9-5-6-10-17(16)14-19(15)18/h5-7,9-14H,2-4,8H2,1H3. The lowest BCUT2D eigenvalue weighted by atomic mass is 9.97. The van der Waals surface area contributed by atoms with Crippen LogP contribution in [-0.4, -0.2) is 0 Å². The first-order valence-electron chi connectivity index (χ1n) is 7.29. The van der Waals surface area contributed by atoms with Crippen molar-refractivity contribution in [2.24, 2.45) is 0 Å². The molecule has 0 heteroatoms. The summed E-state index contributed by atoms with van der Waals surface area (Å²) in [5.74, 6) is 0. The van der Waals surface area contributed by atoms with Gasteiger partial charge in [-0.1, -0.05) is 62.2 Å². The van der Waals surface area contributed by atoms with E-state index in [9.17, 15) is 0 Å². The Morgan fingerprint density at radius 1 is 0.737 bits per heavy atom. The summed E-state index contributed by atoms with van der Waals surface area (Å²) in [5.41, 5.74) is 1.50. The van der Waals surface area contributed by atoms with Gasteiger partial charge >= 0.3 is 0 Å². The molecule has 0 heterocycles. The average molecular weight is 248 g/mol. The summed E-state index contributed by atoms with van der Waals surface area (Å²) in [5, 5.41) is 5.48. The number of hydrogen-bond donors (Lipinski definition) is 0. The van der Waals surface area contributed by atoms with E-state index in [1.165, 1.54) is 52.8 Å². The van der Waals surface area contributed by atoms with Crippen LogP contribution in [0.25, 0.3) is 21.5 Å². The fourth-order valence-corrected chi connectivity index (χ4v) is 2.82. The van der Waals surface area contributed by atoms with Crippen molar-refractivity contribution in [3.05, 3.63) is 60.2 Å². The maximum atomic E-state index is 2.35. The zero-order valence-electron chi connectivity index (χ0n) is 11.5. The fourth-order valence-electron chi connectivity index (χ4n) is 2.82. The summed E-state index contributed by atoms with van der Waals surface area (Å²) in [6, 6.07) is 20.0. The van der Waals surface area contributed by atoms with Crippen LogP contribution in [0.2, 0.25) is 0 Å². The maximum Gasteiger partial charge on any atom is -0.0146 e. The minimum absolute atomic E-state index is 1.20. The Kier molecular flexibility index (Phi) is 3.50. The van der Waals surface area contributed by atoms with Crippen molar-refractivity contribution in [3.8, 4) is 0 Å². The molecule has 0 unspecified atom stereocenters. The minimum atomic E-state index is 1.20. The normalized spacial score (nSPS) is 11.2. The van der Waals surface area contributed by atoms with Crippen LogP contribution in [0, 0.1) is 0 Å². The maximum absolute atomic E-state index is 2.35. The number of rotatable bonds is 4. The molecule has 0 aliphatic carbocycles. The zero-order chi connectivity index (χ0) is 13.1. The predicted molar refractivity (Wildman–Crippen MR) is 84.7 cm³/mol. The molecule has 3 aromatic rings. The van der Waals surface area contributed by atoms with Gasteiger partial charge in [0.05, 0.1) is 0 Å². The van der Waals surface area contributed by atoms with Crippen molar-refractivity contribution in [1.82, 2.24) is 0 Å². The Hall–Kier alpha value is -1.82. The molecular weight excluding hydrogens is 228 g/mol. The van der Waals surface area contributed by atoms with Crippen molar-refractivity contribution in [3.63, 3.8) is 0 Å². The van der Waals surface area contributed by atoms with Crippen LogP contribution in [0.5, 0.6) is 0 Å². The van der Waals surface area contributed by atoms with Crippen molar-refractivity contribution < 1.29 is 0 Å². The second kappa shape index (κ2) is 5.44. The smallest absolute Gasteiger partial charge is 0.0146 e. The Balaban J connectivity index is 2.09. The number of unbranched alkanes of at least 4 members (excludes halogenated alkanes) is 2. The van der Waals surface area contributed by atoms with Crippen LogP contribution in [0.3, 0.4) is 0 Å². The summed E-state index contributed by atoms with van der Waals surface area (Å²) in [6.45, 7) is 2.26. The van der Waals surface area contributed by atoms with E-state index in [0.717, 1.165) is 0 Å². The first kappa shape index (κ1) is 12.2. The summed E-state index contributed by atoms with van der Waals surface area (Å²) < 4.78 is 0. The molecular formula is C19H20. The third kappa shape index (κ3) is 2.49. The third-order valence-electron chi connectivity index (χ3n) is 3.89. The molecule has 0 saturated heterocycles. The number of aryl methyl sites for hydroxylation is 1. The van der Waals surface area contributed by atoms with E-state index in [4.69, 9.17) is 0 Å². The second-order valence-corrected chi connectivity index (χ2v) is 5.29. The highest BCUT2D eigenvalue weighted by atomic mass is 14.1. The Morgan fingerprint density at radius 3 is 2.26 bits per heavy atom. The lowest BCUT2D eigenvalue weighted by Crippen LogP contribution is -1.88. The summed E-state index contributed by atoms with van der Waals surface area (Å²) in [4.78, 5) is 0. The third-order valence-corrected chi connectivity index (χ3v) is 3.89. The van der Waals surface area contributed by atoms with E-state index in [1.54, 1.807) is 0 Å². The molecule has 3 aromatic carbocycles. The molecule has 0 radical (unpaired) electrons. The lowest BCUT2D eigenvalue weighted by molar-refractivity contribution is 0.720. The van der Waals surface area contributed by atoms with E-state index in [1.807, 2.05) is 0 Å². The molecule has 0 nitrogen and oxygen atoms in total. The first-order valence-corrected chi connectivity index (χ1v) is 7.29. The van der Waals surface area contributed by atoms with E-state index in [0.29, 0.717) is 0 Å². The molecule has 3 rings (SSSR count). The summed E-state index contributed by atoms with van der Waals surface area (Å²) in [6.07, 6.45) is 5.10. The van der Waals surface area contributed by atoms with Crippen molar-refractivity contribution >= 4 is 21.5 Å². The molecule has 0 aliphatic heterocycles. The fraction of sp³-hybridized carbons (Fsp3) is 0.263. The number of fused-ring (bicyclic) bond motifs is 2. The topological polar surface area (TPSA) is 0 Å². The second-order valence-electron chi connectivity index (χ2n) is 5.29. The van der Waals surface area contributed by atoms with Crippen LogP contribution in [0.1, 0.15) is 31.7 Å². The van der Waals surface area contributed by atoms with Gasteiger partial charge in [0, 0.05) is 0 Å². The van der Waals surface area contributed by atoms with Gasteiger partial charge in [0.2, 0.25) is 0 Å². The van der Waals surface area contributed by atoms with Gasteiger partial charge in [-0.3, -0.25) is 0 Å². The monoisotopic (exact) mass is 248 g/mol. The minimum Gasteiger partial charge on any atom is -0.0654 e. The molecule has 0 N–H and O–H groups in total. The highest BCUT2D eigenvalue weighted by molar-refractivity contribution is 5.99. The first-order chi connectivity index (χ1) is 9.38. The number of hydrogen-bond acceptors (Lipinski definition) is 0. The molecule has 0 aromatic heterocycles. The van der Waals surface area contributed by atoms with Crippen LogP contribution in [0.4, 0.5) is 0 Å². The van der Waals surface area contributed by atoms with Gasteiger partial charge in [-0.15, -0.1) is 0 Å². The van der Waals surface area contributed by atoms with Gasteiger partial charge in [0.25, 0.3) is 0 Å². The Labute approximate surface area is 115 Å². The van der Waals surface area contributed by atoms with Crippen LogP contribution >= 0.6 is 0 Å². The van der Waals surface area contributed by atoms with Gasteiger partial charge in [-0.2, -0.15) is 0 Å². The predicted octanol–water partition coefficient (Wildman–Crippen LogP) is 5.73. The average Bonchev–Trinajstić information content (AvgIpc) is 2.46. The van der Waals surface area contributed by atoms with Gasteiger partial charge in [0.1, 0.15) is 0 Å². The van der Waals surface area contributed by atoms with Crippen LogP contribution in [0.15, 0.2) is 54.6 Å². The molecule has 0 amide bonds.